The Bertz CT molecular complexity index is 770. The van der Waals surface area contributed by atoms with E-state index < -0.39 is 9.84 Å². The van der Waals surface area contributed by atoms with Crippen molar-refractivity contribution in [2.45, 2.75) is 11.4 Å². The predicted molar refractivity (Wildman–Crippen MR) is 73.0 cm³/mol. The van der Waals surface area contributed by atoms with E-state index in [2.05, 4.69) is 0 Å². The zero-order valence-electron chi connectivity index (χ0n) is 10.6. The number of hydrogen-bond acceptors (Lipinski definition) is 4. The molecule has 0 unspecified atom stereocenters. The number of carbonyl (C=O) groups excluding carboxylic acids is 1. The lowest BCUT2D eigenvalue weighted by Crippen LogP contribution is -2.14. The highest BCUT2D eigenvalue weighted by atomic mass is 32.2. The number of rotatable bonds is 5. The molecule has 0 amide bonds. The van der Waals surface area contributed by atoms with Crippen molar-refractivity contribution >= 4 is 16.1 Å². The van der Waals surface area contributed by atoms with Crippen molar-refractivity contribution in [2.75, 3.05) is 5.75 Å². The minimum absolute atomic E-state index is 0.122. The molecule has 0 N–H and O–H groups in total. The number of aromatic nitrogens is 1. The van der Waals surface area contributed by atoms with Gasteiger partial charge in [0.1, 0.15) is 0 Å². The van der Waals surface area contributed by atoms with E-state index in [1.165, 1.54) is 18.2 Å². The highest BCUT2D eigenvalue weighted by molar-refractivity contribution is 7.91. The summed E-state index contributed by atoms with van der Waals surface area (Å²) in [5, 5.41) is 8.79. The quantitative estimate of drug-likeness (QED) is 0.783. The van der Waals surface area contributed by atoms with Gasteiger partial charge in [-0.25, -0.2) is 8.42 Å². The molecule has 0 aliphatic heterocycles. The maximum absolute atomic E-state index is 12.2. The first-order valence-corrected chi connectivity index (χ1v) is 7.55. The normalized spacial score (nSPS) is 10.9. The zero-order valence-corrected chi connectivity index (χ0v) is 11.4. The van der Waals surface area contributed by atoms with E-state index in [4.69, 9.17) is 5.26 Å². The van der Waals surface area contributed by atoms with Gasteiger partial charge in [-0.05, 0) is 30.3 Å². The maximum atomic E-state index is 12.2. The Balaban J connectivity index is 2.19. The molecule has 0 radical (unpaired) electrons. The lowest BCUT2D eigenvalue weighted by atomic mass is 10.2. The van der Waals surface area contributed by atoms with Crippen molar-refractivity contribution in [2.24, 2.45) is 0 Å². The monoisotopic (exact) mass is 288 g/mol. The SMILES string of the molecule is N#Cc1cccc(S(=O)(=O)CCn2cccc2C=O)c1. The van der Waals surface area contributed by atoms with Crippen molar-refractivity contribution in [1.82, 2.24) is 4.57 Å². The molecule has 0 fully saturated rings. The second-order valence-electron chi connectivity index (χ2n) is 4.20. The number of hydrogen-bond donors (Lipinski definition) is 0. The lowest BCUT2D eigenvalue weighted by molar-refractivity contribution is 0.111. The fraction of sp³-hybridized carbons (Fsp3) is 0.143. The molecule has 1 aromatic carbocycles. The van der Waals surface area contributed by atoms with Gasteiger partial charge in [0.15, 0.2) is 16.1 Å². The first-order valence-electron chi connectivity index (χ1n) is 5.90. The molecule has 20 heavy (non-hydrogen) atoms. The Hall–Kier alpha value is -2.39. The molecule has 0 bridgehead atoms. The third-order valence-electron chi connectivity index (χ3n) is 2.91. The molecule has 2 aromatic rings. The van der Waals surface area contributed by atoms with Crippen LogP contribution in [0, 0.1) is 11.3 Å². The van der Waals surface area contributed by atoms with Crippen LogP contribution < -0.4 is 0 Å². The summed E-state index contributed by atoms with van der Waals surface area (Å²) in [7, 11) is -3.48. The number of nitrogens with zero attached hydrogens (tertiary/aromatic N) is 2. The predicted octanol–water partition coefficient (Wildman–Crippen LogP) is 1.65. The van der Waals surface area contributed by atoms with E-state index >= 15 is 0 Å². The molecule has 0 aliphatic rings. The van der Waals surface area contributed by atoms with E-state index in [0.29, 0.717) is 17.5 Å². The molecule has 0 spiro atoms. The fourth-order valence-electron chi connectivity index (χ4n) is 1.83. The molecule has 102 valence electrons. The molecule has 0 aliphatic carbocycles. The second kappa shape index (κ2) is 5.72. The Kier molecular flexibility index (Phi) is 4.01. The van der Waals surface area contributed by atoms with Gasteiger partial charge >= 0.3 is 0 Å². The number of aldehydes is 1. The largest absolute Gasteiger partial charge is 0.344 e. The summed E-state index contributed by atoms with van der Waals surface area (Å²) in [6, 6.07) is 11.1. The van der Waals surface area contributed by atoms with Crippen LogP contribution in [0.25, 0.3) is 0 Å². The van der Waals surface area contributed by atoms with Crippen LogP contribution in [0.1, 0.15) is 16.1 Å². The van der Waals surface area contributed by atoms with Crippen molar-refractivity contribution in [3.05, 3.63) is 53.9 Å². The van der Waals surface area contributed by atoms with Crippen LogP contribution in [-0.4, -0.2) is 25.0 Å². The van der Waals surface area contributed by atoms with E-state index in [1.54, 1.807) is 29.0 Å². The van der Waals surface area contributed by atoms with Gasteiger partial charge < -0.3 is 4.57 Å². The molecule has 0 saturated heterocycles. The molecule has 0 saturated carbocycles. The molecule has 1 heterocycles. The lowest BCUT2D eigenvalue weighted by Gasteiger charge is -2.07. The Morgan fingerprint density at radius 3 is 2.75 bits per heavy atom. The van der Waals surface area contributed by atoms with Gasteiger partial charge in [-0.15, -0.1) is 0 Å². The highest BCUT2D eigenvalue weighted by Crippen LogP contribution is 2.14. The molecule has 6 heteroatoms. The number of nitriles is 1. The second-order valence-corrected chi connectivity index (χ2v) is 6.31. The molecule has 1 aromatic heterocycles. The first-order chi connectivity index (χ1) is 9.56. The minimum Gasteiger partial charge on any atom is -0.344 e. The van der Waals surface area contributed by atoms with Crippen LogP contribution in [-0.2, 0) is 16.4 Å². The Morgan fingerprint density at radius 2 is 2.05 bits per heavy atom. The standard InChI is InChI=1S/C14H12N2O3S/c15-10-12-3-1-5-14(9-12)20(18,19)8-7-16-6-2-4-13(16)11-17/h1-6,9,11H,7-8H2. The molecule has 2 rings (SSSR count). The van der Waals surface area contributed by atoms with Gasteiger partial charge in [0, 0.05) is 12.7 Å². The molecule has 0 atom stereocenters. The molecular weight excluding hydrogens is 276 g/mol. The summed E-state index contributed by atoms with van der Waals surface area (Å²) in [6.45, 7) is 0.195. The minimum atomic E-state index is -3.48. The third-order valence-corrected chi connectivity index (χ3v) is 4.60. The number of benzene rings is 1. The number of carbonyl (C=O) groups is 1. The number of sulfone groups is 1. The van der Waals surface area contributed by atoms with Crippen LogP contribution in [0.15, 0.2) is 47.5 Å². The summed E-state index contributed by atoms with van der Waals surface area (Å²) in [4.78, 5) is 10.9. The van der Waals surface area contributed by atoms with Gasteiger partial charge in [-0.3, -0.25) is 4.79 Å². The average Bonchev–Trinajstić information content (AvgIpc) is 2.93. The van der Waals surface area contributed by atoms with Crippen LogP contribution in [0.5, 0.6) is 0 Å². The fourth-order valence-corrected chi connectivity index (χ4v) is 3.10. The number of aryl methyl sites for hydroxylation is 1. The highest BCUT2D eigenvalue weighted by Gasteiger charge is 2.15. The van der Waals surface area contributed by atoms with E-state index in [0.717, 1.165) is 0 Å². The topological polar surface area (TPSA) is 79.9 Å². The Morgan fingerprint density at radius 1 is 1.25 bits per heavy atom. The van der Waals surface area contributed by atoms with Crippen molar-refractivity contribution < 1.29 is 13.2 Å². The zero-order chi connectivity index (χ0) is 14.6. The van der Waals surface area contributed by atoms with Crippen molar-refractivity contribution in [3.8, 4) is 6.07 Å². The summed E-state index contributed by atoms with van der Waals surface area (Å²) >= 11 is 0. The summed E-state index contributed by atoms with van der Waals surface area (Å²) in [5.41, 5.74) is 0.742. The summed E-state index contributed by atoms with van der Waals surface area (Å²) < 4.78 is 26.0. The third kappa shape index (κ3) is 2.95. The van der Waals surface area contributed by atoms with E-state index in [9.17, 15) is 13.2 Å². The Labute approximate surface area is 117 Å². The van der Waals surface area contributed by atoms with Crippen molar-refractivity contribution in [1.29, 1.82) is 5.26 Å². The van der Waals surface area contributed by atoms with Crippen LogP contribution in [0.3, 0.4) is 0 Å². The van der Waals surface area contributed by atoms with Crippen LogP contribution in [0.2, 0.25) is 0 Å². The van der Waals surface area contributed by atoms with Crippen LogP contribution in [0.4, 0.5) is 0 Å². The van der Waals surface area contributed by atoms with E-state index in [1.807, 2.05) is 6.07 Å². The summed E-state index contributed by atoms with van der Waals surface area (Å²) in [5.74, 6) is -0.128. The first kappa shape index (κ1) is 14.0. The van der Waals surface area contributed by atoms with Gasteiger partial charge in [0.05, 0.1) is 28.0 Å². The molecule has 5 nitrogen and oxygen atoms in total. The molecular formula is C14H12N2O3S. The van der Waals surface area contributed by atoms with Crippen LogP contribution >= 0.6 is 0 Å². The van der Waals surface area contributed by atoms with Gasteiger partial charge in [-0.2, -0.15) is 5.26 Å². The van der Waals surface area contributed by atoms with Crippen molar-refractivity contribution in [3.63, 3.8) is 0 Å². The van der Waals surface area contributed by atoms with Gasteiger partial charge in [0.2, 0.25) is 0 Å². The smallest absolute Gasteiger partial charge is 0.180 e. The van der Waals surface area contributed by atoms with Gasteiger partial charge in [0.25, 0.3) is 0 Å². The van der Waals surface area contributed by atoms with E-state index in [-0.39, 0.29) is 17.2 Å². The summed E-state index contributed by atoms with van der Waals surface area (Å²) in [6.07, 6.45) is 2.34. The maximum Gasteiger partial charge on any atom is 0.180 e. The van der Waals surface area contributed by atoms with Gasteiger partial charge in [-0.1, -0.05) is 6.07 Å². The average molecular weight is 288 g/mol.